The average molecular weight is 398 g/mol. The number of fused-ring (bicyclic) bond motifs is 3. The molecule has 4 rings (SSSR count). The third-order valence-corrected chi connectivity index (χ3v) is 5.15. The minimum Gasteiger partial charge on any atom is -0.505 e. The largest absolute Gasteiger partial charge is 0.505 e. The first-order valence-corrected chi connectivity index (χ1v) is 9.80. The summed E-state index contributed by atoms with van der Waals surface area (Å²) in [5, 5.41) is 12.6. The van der Waals surface area contributed by atoms with Crippen LogP contribution in [0.15, 0.2) is 66.7 Å². The molecule has 30 heavy (non-hydrogen) atoms. The number of nitrogen functional groups attached to an aromatic ring is 1. The van der Waals surface area contributed by atoms with Crippen LogP contribution in [0.3, 0.4) is 0 Å². The summed E-state index contributed by atoms with van der Waals surface area (Å²) in [5.74, 6) is 5.78. The number of hydrogen-bond donors (Lipinski definition) is 3. The number of amides is 1. The number of para-hydroxylation sites is 1. The molecule has 0 aromatic heterocycles. The minimum atomic E-state index is -0.467. The van der Waals surface area contributed by atoms with Gasteiger partial charge in [0.15, 0.2) is 5.75 Å². The standard InChI is InChI=1S/C25H22N2O3/c26-23-14-7-9-17(24(23)28)8-5-6-15-27-25(29)30-16-22-20-12-3-1-10-18(20)19-11-2-4-13-21(19)22/h1-4,7,9-14,22,28H,6,15-16,26H2,(H,27,29). The van der Waals surface area contributed by atoms with E-state index in [1.165, 1.54) is 22.3 Å². The molecule has 5 heteroatoms. The predicted molar refractivity (Wildman–Crippen MR) is 117 cm³/mol. The van der Waals surface area contributed by atoms with Crippen molar-refractivity contribution in [3.8, 4) is 28.7 Å². The van der Waals surface area contributed by atoms with Crippen LogP contribution in [0.5, 0.6) is 5.75 Å². The van der Waals surface area contributed by atoms with E-state index in [1.54, 1.807) is 18.2 Å². The van der Waals surface area contributed by atoms with E-state index in [0.29, 0.717) is 24.2 Å². The van der Waals surface area contributed by atoms with Crippen molar-refractivity contribution in [2.45, 2.75) is 12.3 Å². The zero-order valence-electron chi connectivity index (χ0n) is 16.4. The number of hydrogen-bond acceptors (Lipinski definition) is 4. The second-order valence-corrected chi connectivity index (χ2v) is 7.05. The number of phenolic OH excluding ortho intramolecular Hbond substituents is 1. The van der Waals surface area contributed by atoms with E-state index in [4.69, 9.17) is 10.5 Å². The Hall–Kier alpha value is -3.91. The summed E-state index contributed by atoms with van der Waals surface area (Å²) in [6, 6.07) is 21.5. The highest BCUT2D eigenvalue weighted by atomic mass is 16.5. The maximum Gasteiger partial charge on any atom is 0.407 e. The Labute approximate surface area is 175 Å². The smallest absolute Gasteiger partial charge is 0.407 e. The molecule has 4 N–H and O–H groups in total. The lowest BCUT2D eigenvalue weighted by Crippen LogP contribution is -2.26. The van der Waals surface area contributed by atoms with Gasteiger partial charge in [0.1, 0.15) is 6.61 Å². The lowest BCUT2D eigenvalue weighted by atomic mass is 9.98. The summed E-state index contributed by atoms with van der Waals surface area (Å²) in [5.41, 5.74) is 11.2. The number of aromatic hydroxyl groups is 1. The Morgan fingerprint density at radius 1 is 1.00 bits per heavy atom. The zero-order chi connectivity index (χ0) is 20.9. The van der Waals surface area contributed by atoms with Crippen molar-refractivity contribution < 1.29 is 14.6 Å². The molecule has 0 radical (unpaired) electrons. The number of nitrogens with two attached hydrogens (primary N) is 1. The van der Waals surface area contributed by atoms with E-state index in [0.717, 1.165) is 0 Å². The molecule has 0 saturated heterocycles. The van der Waals surface area contributed by atoms with Crippen LogP contribution in [-0.2, 0) is 4.74 Å². The van der Waals surface area contributed by atoms with E-state index in [-0.39, 0.29) is 18.3 Å². The van der Waals surface area contributed by atoms with Crippen LogP contribution < -0.4 is 11.1 Å². The maximum atomic E-state index is 12.1. The highest BCUT2D eigenvalue weighted by molar-refractivity contribution is 5.79. The summed E-state index contributed by atoms with van der Waals surface area (Å²) >= 11 is 0. The molecule has 0 saturated carbocycles. The summed E-state index contributed by atoms with van der Waals surface area (Å²) in [6.07, 6.45) is -0.0382. The van der Waals surface area contributed by atoms with Gasteiger partial charge in [0.05, 0.1) is 11.3 Å². The average Bonchev–Trinajstić information content (AvgIpc) is 3.09. The molecule has 0 spiro atoms. The molecular weight excluding hydrogens is 376 g/mol. The van der Waals surface area contributed by atoms with Gasteiger partial charge < -0.3 is 20.9 Å². The van der Waals surface area contributed by atoms with Gasteiger partial charge >= 0.3 is 6.09 Å². The lowest BCUT2D eigenvalue weighted by molar-refractivity contribution is 0.143. The molecule has 1 aliphatic carbocycles. The fourth-order valence-electron chi connectivity index (χ4n) is 3.70. The third-order valence-electron chi connectivity index (χ3n) is 5.15. The summed E-state index contributed by atoms with van der Waals surface area (Å²) in [7, 11) is 0. The van der Waals surface area contributed by atoms with Gasteiger partial charge in [-0.1, -0.05) is 66.4 Å². The highest BCUT2D eigenvalue weighted by Crippen LogP contribution is 2.44. The second kappa shape index (κ2) is 8.62. The summed E-state index contributed by atoms with van der Waals surface area (Å²) < 4.78 is 5.48. The van der Waals surface area contributed by atoms with Crippen LogP contribution in [0.4, 0.5) is 10.5 Å². The first kappa shape index (κ1) is 19.4. The predicted octanol–water partition coefficient (Wildman–Crippen LogP) is 4.25. The van der Waals surface area contributed by atoms with Gasteiger partial charge in [0.2, 0.25) is 0 Å². The number of phenols is 1. The van der Waals surface area contributed by atoms with Crippen LogP contribution in [-0.4, -0.2) is 24.4 Å². The van der Waals surface area contributed by atoms with Crippen LogP contribution in [0.1, 0.15) is 29.0 Å². The van der Waals surface area contributed by atoms with Crippen molar-refractivity contribution >= 4 is 11.8 Å². The maximum absolute atomic E-state index is 12.1. The van der Waals surface area contributed by atoms with Crippen LogP contribution in [0, 0.1) is 11.8 Å². The molecule has 5 nitrogen and oxygen atoms in total. The molecule has 1 aliphatic rings. The molecule has 0 bridgehead atoms. The Morgan fingerprint density at radius 2 is 1.67 bits per heavy atom. The first-order chi connectivity index (χ1) is 14.6. The Balaban J connectivity index is 1.30. The molecule has 0 heterocycles. The zero-order valence-corrected chi connectivity index (χ0v) is 16.4. The van der Waals surface area contributed by atoms with E-state index < -0.39 is 6.09 Å². The van der Waals surface area contributed by atoms with Gasteiger partial charge in [0, 0.05) is 18.9 Å². The molecular formula is C25H22N2O3. The van der Waals surface area contributed by atoms with Crippen LogP contribution in [0.25, 0.3) is 11.1 Å². The van der Waals surface area contributed by atoms with Gasteiger partial charge in [0.25, 0.3) is 0 Å². The minimum absolute atomic E-state index is 0.0190. The molecule has 3 aromatic carbocycles. The van der Waals surface area contributed by atoms with Gasteiger partial charge in [-0.05, 0) is 34.4 Å². The summed E-state index contributed by atoms with van der Waals surface area (Å²) in [4.78, 5) is 12.1. The molecule has 0 atom stereocenters. The van der Waals surface area contributed by atoms with E-state index in [1.807, 2.05) is 24.3 Å². The molecule has 0 unspecified atom stereocenters. The fourth-order valence-corrected chi connectivity index (χ4v) is 3.70. The number of benzene rings is 3. The fraction of sp³-hybridized carbons (Fsp3) is 0.160. The molecule has 0 fully saturated rings. The number of carbonyl (C=O) groups is 1. The van der Waals surface area contributed by atoms with E-state index >= 15 is 0 Å². The number of nitrogens with one attached hydrogen (secondary N) is 1. The number of ether oxygens (including phenoxy) is 1. The van der Waals surface area contributed by atoms with Crippen molar-refractivity contribution in [1.29, 1.82) is 0 Å². The van der Waals surface area contributed by atoms with Crippen molar-refractivity contribution in [3.05, 3.63) is 83.4 Å². The quantitative estimate of drug-likeness (QED) is 0.265. The molecule has 3 aromatic rings. The van der Waals surface area contributed by atoms with Crippen molar-refractivity contribution in [3.63, 3.8) is 0 Å². The normalized spacial score (nSPS) is 11.7. The van der Waals surface area contributed by atoms with Crippen molar-refractivity contribution in [2.24, 2.45) is 0 Å². The van der Waals surface area contributed by atoms with Crippen molar-refractivity contribution in [1.82, 2.24) is 5.32 Å². The lowest BCUT2D eigenvalue weighted by Gasteiger charge is -2.14. The van der Waals surface area contributed by atoms with Gasteiger partial charge in [-0.15, -0.1) is 0 Å². The van der Waals surface area contributed by atoms with Gasteiger partial charge in [-0.3, -0.25) is 0 Å². The third kappa shape index (κ3) is 3.94. The molecule has 150 valence electrons. The number of carbonyl (C=O) groups excluding carboxylic acids is 1. The first-order valence-electron chi connectivity index (χ1n) is 9.80. The highest BCUT2D eigenvalue weighted by Gasteiger charge is 2.28. The SMILES string of the molecule is Nc1cccc(C#CCCNC(=O)OCC2c3ccccc3-c3ccccc32)c1O. The Bertz CT molecular complexity index is 1100. The number of rotatable bonds is 4. The van der Waals surface area contributed by atoms with Crippen molar-refractivity contribution in [2.75, 3.05) is 18.9 Å². The monoisotopic (exact) mass is 398 g/mol. The molecule has 0 aliphatic heterocycles. The Kier molecular flexibility index (Phi) is 5.58. The number of anilines is 1. The second-order valence-electron chi connectivity index (χ2n) is 7.05. The molecule has 1 amide bonds. The Morgan fingerprint density at radius 3 is 2.37 bits per heavy atom. The summed E-state index contributed by atoms with van der Waals surface area (Å²) in [6.45, 7) is 0.634. The van der Waals surface area contributed by atoms with Gasteiger partial charge in [-0.25, -0.2) is 4.79 Å². The van der Waals surface area contributed by atoms with Crippen LogP contribution >= 0.6 is 0 Å². The van der Waals surface area contributed by atoms with Crippen LogP contribution in [0.2, 0.25) is 0 Å². The topological polar surface area (TPSA) is 84.6 Å². The van der Waals surface area contributed by atoms with E-state index in [9.17, 15) is 9.90 Å². The number of alkyl carbamates (subject to hydrolysis) is 1. The van der Waals surface area contributed by atoms with Gasteiger partial charge in [-0.2, -0.15) is 0 Å². The van der Waals surface area contributed by atoms with E-state index in [2.05, 4.69) is 41.4 Å².